The second kappa shape index (κ2) is 5.68. The molecule has 0 aromatic heterocycles. The van der Waals surface area contributed by atoms with Crippen molar-refractivity contribution in [2.45, 2.75) is 57.0 Å². The van der Waals surface area contributed by atoms with E-state index < -0.39 is 5.60 Å². The van der Waals surface area contributed by atoms with Crippen LogP contribution in [0, 0.1) is 5.41 Å². The topological polar surface area (TPSA) is 41.5 Å². The Hall–Kier alpha value is -0.120. The van der Waals surface area contributed by atoms with E-state index in [0.29, 0.717) is 5.41 Å². The van der Waals surface area contributed by atoms with Crippen LogP contribution in [-0.2, 0) is 4.74 Å². The fourth-order valence-corrected chi connectivity index (χ4v) is 2.96. The van der Waals surface area contributed by atoms with Gasteiger partial charge >= 0.3 is 0 Å². The monoisotopic (exact) mass is 241 g/mol. The first-order chi connectivity index (χ1) is 8.18. The molecular weight excluding hydrogens is 214 g/mol. The number of nitrogens with one attached hydrogen (secondary N) is 1. The van der Waals surface area contributed by atoms with Crippen LogP contribution in [0.4, 0.5) is 0 Å². The highest BCUT2D eigenvalue weighted by Crippen LogP contribution is 2.48. The summed E-state index contributed by atoms with van der Waals surface area (Å²) in [5.74, 6) is 0. The molecule has 2 N–H and O–H groups in total. The maximum atomic E-state index is 10.4. The molecule has 3 nitrogen and oxygen atoms in total. The summed E-state index contributed by atoms with van der Waals surface area (Å²) in [6.07, 6.45) is 9.43. The normalized spacial score (nSPS) is 25.8. The molecule has 0 spiro atoms. The number of hydrogen-bond acceptors (Lipinski definition) is 3. The van der Waals surface area contributed by atoms with E-state index in [9.17, 15) is 5.11 Å². The van der Waals surface area contributed by atoms with Gasteiger partial charge in [-0.05, 0) is 37.5 Å². The summed E-state index contributed by atoms with van der Waals surface area (Å²) >= 11 is 0. The average Bonchev–Trinajstić information content (AvgIpc) is 3.08. The minimum Gasteiger partial charge on any atom is -0.389 e. The van der Waals surface area contributed by atoms with Crippen LogP contribution >= 0.6 is 0 Å². The summed E-state index contributed by atoms with van der Waals surface area (Å²) in [7, 11) is 1.77. The highest BCUT2D eigenvalue weighted by molar-refractivity contribution is 4.95. The third kappa shape index (κ3) is 3.94. The molecule has 0 amide bonds. The van der Waals surface area contributed by atoms with Gasteiger partial charge in [0, 0.05) is 26.8 Å². The zero-order chi connectivity index (χ0) is 12.2. The van der Waals surface area contributed by atoms with Crippen molar-refractivity contribution in [2.75, 3.05) is 26.8 Å². The van der Waals surface area contributed by atoms with Gasteiger partial charge in [-0.2, -0.15) is 0 Å². The summed E-state index contributed by atoms with van der Waals surface area (Å²) in [5.41, 5.74) is 0.0661. The predicted molar refractivity (Wildman–Crippen MR) is 69.1 cm³/mol. The van der Waals surface area contributed by atoms with E-state index in [1.54, 1.807) is 7.11 Å². The van der Waals surface area contributed by atoms with Gasteiger partial charge in [0.25, 0.3) is 0 Å². The van der Waals surface area contributed by atoms with Crippen LogP contribution in [0.3, 0.4) is 0 Å². The molecule has 17 heavy (non-hydrogen) atoms. The van der Waals surface area contributed by atoms with E-state index in [2.05, 4.69) is 5.32 Å². The van der Waals surface area contributed by atoms with Crippen LogP contribution < -0.4 is 5.32 Å². The van der Waals surface area contributed by atoms with Crippen molar-refractivity contribution in [3.05, 3.63) is 0 Å². The third-order valence-corrected chi connectivity index (χ3v) is 4.53. The fourth-order valence-electron chi connectivity index (χ4n) is 2.96. The zero-order valence-electron chi connectivity index (χ0n) is 11.1. The number of hydrogen-bond donors (Lipinski definition) is 2. The van der Waals surface area contributed by atoms with Crippen molar-refractivity contribution in [3.8, 4) is 0 Å². The number of ether oxygens (including phenoxy) is 1. The van der Waals surface area contributed by atoms with E-state index >= 15 is 0 Å². The molecule has 0 unspecified atom stereocenters. The SMILES string of the molecule is COCCC1(CNCC2(O)CCCCC2)CC1. The lowest BCUT2D eigenvalue weighted by Gasteiger charge is -2.33. The first-order valence-electron chi connectivity index (χ1n) is 7.10. The fraction of sp³-hybridized carbons (Fsp3) is 1.00. The van der Waals surface area contributed by atoms with Gasteiger partial charge in [-0.3, -0.25) is 0 Å². The molecule has 2 saturated carbocycles. The summed E-state index contributed by atoms with van der Waals surface area (Å²) in [5, 5.41) is 13.9. The van der Waals surface area contributed by atoms with E-state index in [4.69, 9.17) is 4.74 Å². The summed E-state index contributed by atoms with van der Waals surface area (Å²) in [6, 6.07) is 0. The van der Waals surface area contributed by atoms with Crippen LogP contribution in [0.2, 0.25) is 0 Å². The zero-order valence-corrected chi connectivity index (χ0v) is 11.1. The highest BCUT2D eigenvalue weighted by Gasteiger charge is 2.42. The second-order valence-corrected chi connectivity index (χ2v) is 6.13. The molecule has 2 rings (SSSR count). The molecule has 0 heterocycles. The maximum absolute atomic E-state index is 10.4. The van der Waals surface area contributed by atoms with Crippen LogP contribution in [0.25, 0.3) is 0 Å². The Morgan fingerprint density at radius 1 is 1.06 bits per heavy atom. The van der Waals surface area contributed by atoms with Crippen molar-refractivity contribution >= 4 is 0 Å². The van der Waals surface area contributed by atoms with Gasteiger partial charge in [0.2, 0.25) is 0 Å². The Kier molecular flexibility index (Phi) is 4.45. The van der Waals surface area contributed by atoms with Crippen molar-refractivity contribution in [1.29, 1.82) is 0 Å². The van der Waals surface area contributed by atoms with Crippen molar-refractivity contribution in [1.82, 2.24) is 5.32 Å². The van der Waals surface area contributed by atoms with Gasteiger partial charge in [0.05, 0.1) is 5.60 Å². The second-order valence-electron chi connectivity index (χ2n) is 6.13. The minimum absolute atomic E-state index is 0.421. The Morgan fingerprint density at radius 2 is 1.76 bits per heavy atom. The Labute approximate surface area is 105 Å². The van der Waals surface area contributed by atoms with Gasteiger partial charge in [-0.25, -0.2) is 0 Å². The Morgan fingerprint density at radius 3 is 2.35 bits per heavy atom. The highest BCUT2D eigenvalue weighted by atomic mass is 16.5. The van der Waals surface area contributed by atoms with E-state index in [1.165, 1.54) is 32.1 Å². The van der Waals surface area contributed by atoms with Gasteiger partial charge in [-0.15, -0.1) is 0 Å². The molecule has 0 bridgehead atoms. The van der Waals surface area contributed by atoms with Crippen molar-refractivity contribution in [2.24, 2.45) is 5.41 Å². The van der Waals surface area contributed by atoms with E-state index in [0.717, 1.165) is 39.0 Å². The smallest absolute Gasteiger partial charge is 0.0771 e. The standard InChI is InChI=1S/C14H27NO2/c1-17-10-9-13(7-8-13)11-15-12-14(16)5-3-2-4-6-14/h15-16H,2-12H2,1H3. The molecule has 0 atom stereocenters. The van der Waals surface area contributed by atoms with Crippen LogP contribution in [-0.4, -0.2) is 37.5 Å². The third-order valence-electron chi connectivity index (χ3n) is 4.53. The maximum Gasteiger partial charge on any atom is 0.0771 e. The van der Waals surface area contributed by atoms with Crippen LogP contribution in [0.5, 0.6) is 0 Å². The van der Waals surface area contributed by atoms with Crippen molar-refractivity contribution in [3.63, 3.8) is 0 Å². The molecule has 0 saturated heterocycles. The molecule has 3 heteroatoms. The van der Waals surface area contributed by atoms with E-state index in [-0.39, 0.29) is 0 Å². The molecule has 2 aliphatic rings. The summed E-state index contributed by atoms with van der Waals surface area (Å²) in [4.78, 5) is 0. The molecule has 0 aliphatic heterocycles. The average molecular weight is 241 g/mol. The number of rotatable bonds is 7. The molecule has 2 aliphatic carbocycles. The largest absolute Gasteiger partial charge is 0.389 e. The molecule has 0 aromatic carbocycles. The van der Waals surface area contributed by atoms with Crippen LogP contribution in [0.15, 0.2) is 0 Å². The Bertz CT molecular complexity index is 232. The summed E-state index contributed by atoms with van der Waals surface area (Å²) < 4.78 is 5.16. The molecular formula is C14H27NO2. The number of methoxy groups -OCH3 is 1. The Balaban J connectivity index is 1.65. The molecule has 2 fully saturated rings. The van der Waals surface area contributed by atoms with Gasteiger partial charge < -0.3 is 15.2 Å². The minimum atomic E-state index is -0.421. The van der Waals surface area contributed by atoms with Crippen molar-refractivity contribution < 1.29 is 9.84 Å². The predicted octanol–water partition coefficient (Wildman–Crippen LogP) is 2.09. The summed E-state index contributed by atoms with van der Waals surface area (Å²) in [6.45, 7) is 2.70. The van der Waals surface area contributed by atoms with E-state index in [1.807, 2.05) is 0 Å². The van der Waals surface area contributed by atoms with Gasteiger partial charge in [0.15, 0.2) is 0 Å². The first-order valence-corrected chi connectivity index (χ1v) is 7.10. The molecule has 0 radical (unpaired) electrons. The lowest BCUT2D eigenvalue weighted by Crippen LogP contribution is -2.43. The van der Waals surface area contributed by atoms with Gasteiger partial charge in [-0.1, -0.05) is 19.3 Å². The number of aliphatic hydroxyl groups is 1. The first kappa shape index (κ1) is 13.3. The lowest BCUT2D eigenvalue weighted by molar-refractivity contribution is 0.00380. The van der Waals surface area contributed by atoms with Gasteiger partial charge in [0.1, 0.15) is 0 Å². The lowest BCUT2D eigenvalue weighted by atomic mass is 9.85. The molecule has 100 valence electrons. The molecule has 0 aromatic rings. The van der Waals surface area contributed by atoms with Crippen LogP contribution in [0.1, 0.15) is 51.4 Å². The quantitative estimate of drug-likeness (QED) is 0.717.